The molecule has 2 fully saturated rings. The molecule has 4 rings (SSSR count). The molecule has 0 saturated carbocycles. The molecule has 1 atom stereocenters. The van der Waals surface area contributed by atoms with Gasteiger partial charge in [0.1, 0.15) is 6.10 Å². The molecule has 0 radical (unpaired) electrons. The number of morpholine rings is 2. The van der Waals surface area contributed by atoms with Crippen LogP contribution in [0.25, 0.3) is 0 Å². The van der Waals surface area contributed by atoms with E-state index < -0.39 is 0 Å². The Kier molecular flexibility index (Phi) is 6.09. The van der Waals surface area contributed by atoms with Gasteiger partial charge in [0.2, 0.25) is 0 Å². The molecule has 6 nitrogen and oxygen atoms in total. The molecule has 0 spiro atoms. The van der Waals surface area contributed by atoms with Crippen molar-refractivity contribution < 1.29 is 14.3 Å². The summed E-state index contributed by atoms with van der Waals surface area (Å²) in [6.45, 7) is 5.50. The van der Waals surface area contributed by atoms with E-state index in [1.54, 1.807) is 0 Å². The first kappa shape index (κ1) is 18.8. The first-order chi connectivity index (χ1) is 13.8. The van der Waals surface area contributed by atoms with Crippen molar-refractivity contribution in [3.05, 3.63) is 65.7 Å². The van der Waals surface area contributed by atoms with Gasteiger partial charge in [-0.05, 0) is 17.2 Å². The third-order valence-electron chi connectivity index (χ3n) is 5.30. The summed E-state index contributed by atoms with van der Waals surface area (Å²) < 4.78 is 11.3. The van der Waals surface area contributed by atoms with E-state index in [0.29, 0.717) is 26.2 Å². The number of para-hydroxylation sites is 1. The average Bonchev–Trinajstić information content (AvgIpc) is 2.79. The van der Waals surface area contributed by atoms with Crippen molar-refractivity contribution in [1.29, 1.82) is 0 Å². The lowest BCUT2D eigenvalue weighted by Gasteiger charge is -2.33. The molecule has 2 heterocycles. The van der Waals surface area contributed by atoms with Gasteiger partial charge in [-0.15, -0.1) is 0 Å². The number of urea groups is 1. The van der Waals surface area contributed by atoms with Crippen LogP contribution < -0.4 is 10.2 Å². The highest BCUT2D eigenvalue weighted by molar-refractivity contribution is 5.74. The molecule has 0 bridgehead atoms. The van der Waals surface area contributed by atoms with Crippen LogP contribution in [0, 0.1) is 0 Å². The van der Waals surface area contributed by atoms with Crippen molar-refractivity contribution in [3.63, 3.8) is 0 Å². The van der Waals surface area contributed by atoms with Crippen molar-refractivity contribution in [2.24, 2.45) is 0 Å². The van der Waals surface area contributed by atoms with Crippen LogP contribution in [-0.2, 0) is 16.0 Å². The minimum atomic E-state index is -0.0682. The zero-order valence-corrected chi connectivity index (χ0v) is 16.0. The fraction of sp³-hybridized carbons (Fsp3) is 0.409. The quantitative estimate of drug-likeness (QED) is 0.885. The summed E-state index contributed by atoms with van der Waals surface area (Å²) in [6.07, 6.45) is -0.0682. The number of carbonyl (C=O) groups is 1. The Morgan fingerprint density at radius 3 is 2.54 bits per heavy atom. The Bertz CT molecular complexity index is 778. The van der Waals surface area contributed by atoms with E-state index in [9.17, 15) is 4.79 Å². The number of amides is 2. The molecule has 28 heavy (non-hydrogen) atoms. The first-order valence-corrected chi connectivity index (χ1v) is 9.91. The van der Waals surface area contributed by atoms with Crippen LogP contribution in [0.1, 0.15) is 17.2 Å². The topological polar surface area (TPSA) is 54.0 Å². The summed E-state index contributed by atoms with van der Waals surface area (Å²) in [5.41, 5.74) is 3.42. The Hall–Kier alpha value is -2.57. The second-order valence-electron chi connectivity index (χ2n) is 7.10. The monoisotopic (exact) mass is 381 g/mol. The van der Waals surface area contributed by atoms with Crippen molar-refractivity contribution in [2.45, 2.75) is 12.6 Å². The number of benzene rings is 2. The summed E-state index contributed by atoms with van der Waals surface area (Å²) in [5, 5.41) is 3.09. The van der Waals surface area contributed by atoms with Gasteiger partial charge in [-0.1, -0.05) is 48.5 Å². The molecule has 2 aliphatic heterocycles. The standard InChI is InChI=1S/C22H27N3O3/c26-22(25-12-15-28-21(17-25)18-6-2-1-3-7-18)23-16-19-8-4-5-9-20(19)24-10-13-27-14-11-24/h1-9,21H,10-17H2,(H,23,26). The van der Waals surface area contributed by atoms with Gasteiger partial charge in [0.05, 0.1) is 26.4 Å². The van der Waals surface area contributed by atoms with Crippen LogP contribution in [0.15, 0.2) is 54.6 Å². The third kappa shape index (κ3) is 4.46. The van der Waals surface area contributed by atoms with Crippen molar-refractivity contribution in [2.75, 3.05) is 50.9 Å². The highest BCUT2D eigenvalue weighted by atomic mass is 16.5. The Morgan fingerprint density at radius 1 is 0.964 bits per heavy atom. The number of nitrogens with zero attached hydrogens (tertiary/aromatic N) is 2. The lowest BCUT2D eigenvalue weighted by atomic mass is 10.1. The van der Waals surface area contributed by atoms with E-state index >= 15 is 0 Å². The maximum Gasteiger partial charge on any atom is 0.317 e. The largest absolute Gasteiger partial charge is 0.378 e. The highest BCUT2D eigenvalue weighted by Crippen LogP contribution is 2.23. The molecule has 6 heteroatoms. The number of nitrogens with one attached hydrogen (secondary N) is 1. The lowest BCUT2D eigenvalue weighted by molar-refractivity contribution is -0.0154. The second kappa shape index (κ2) is 9.08. The summed E-state index contributed by atoms with van der Waals surface area (Å²) in [5.74, 6) is 0. The van der Waals surface area contributed by atoms with Crippen molar-refractivity contribution in [1.82, 2.24) is 10.2 Å². The van der Waals surface area contributed by atoms with Crippen LogP contribution in [-0.4, -0.2) is 56.9 Å². The van der Waals surface area contributed by atoms with Gasteiger partial charge in [0, 0.05) is 31.9 Å². The Labute approximate surface area is 166 Å². The smallest absolute Gasteiger partial charge is 0.317 e. The predicted molar refractivity (Wildman–Crippen MR) is 108 cm³/mol. The van der Waals surface area contributed by atoms with Crippen molar-refractivity contribution in [3.8, 4) is 0 Å². The van der Waals surface area contributed by atoms with Gasteiger partial charge in [-0.2, -0.15) is 0 Å². The summed E-state index contributed by atoms with van der Waals surface area (Å²) in [4.78, 5) is 16.9. The Morgan fingerprint density at radius 2 is 1.71 bits per heavy atom. The maximum atomic E-state index is 12.8. The van der Waals surface area contributed by atoms with Crippen LogP contribution in [0.3, 0.4) is 0 Å². The zero-order valence-electron chi connectivity index (χ0n) is 16.0. The molecule has 2 aromatic rings. The van der Waals surface area contributed by atoms with Gasteiger partial charge < -0.3 is 24.6 Å². The number of hydrogen-bond donors (Lipinski definition) is 1. The second-order valence-corrected chi connectivity index (χ2v) is 7.10. The number of anilines is 1. The normalized spacial score (nSPS) is 20.1. The fourth-order valence-electron chi connectivity index (χ4n) is 3.76. The van der Waals surface area contributed by atoms with Gasteiger partial charge in [-0.3, -0.25) is 0 Å². The lowest BCUT2D eigenvalue weighted by Crippen LogP contribution is -2.47. The minimum Gasteiger partial charge on any atom is -0.378 e. The number of carbonyl (C=O) groups excluding carboxylic acids is 1. The van der Waals surface area contributed by atoms with Gasteiger partial charge in [0.15, 0.2) is 0 Å². The molecule has 0 aliphatic carbocycles. The Balaban J connectivity index is 1.37. The van der Waals surface area contributed by atoms with Crippen LogP contribution in [0.5, 0.6) is 0 Å². The molecule has 148 valence electrons. The average molecular weight is 381 g/mol. The molecule has 1 N–H and O–H groups in total. The van der Waals surface area contributed by atoms with E-state index in [0.717, 1.165) is 37.4 Å². The molecule has 2 saturated heterocycles. The van der Waals surface area contributed by atoms with Gasteiger partial charge >= 0.3 is 6.03 Å². The maximum absolute atomic E-state index is 12.8. The molecule has 1 unspecified atom stereocenters. The third-order valence-corrected chi connectivity index (χ3v) is 5.30. The van der Waals surface area contributed by atoms with Gasteiger partial charge in [0.25, 0.3) is 0 Å². The molecule has 0 aromatic heterocycles. The van der Waals surface area contributed by atoms with E-state index in [1.807, 2.05) is 47.4 Å². The van der Waals surface area contributed by atoms with Crippen molar-refractivity contribution >= 4 is 11.7 Å². The van der Waals surface area contributed by atoms with E-state index in [2.05, 4.69) is 22.3 Å². The molecular weight excluding hydrogens is 354 g/mol. The SMILES string of the molecule is O=C(NCc1ccccc1N1CCOCC1)N1CCOC(c2ccccc2)C1. The molecule has 2 aliphatic rings. The number of ether oxygens (including phenoxy) is 2. The number of rotatable bonds is 4. The molecular formula is C22H27N3O3. The van der Waals surface area contributed by atoms with Crippen LogP contribution in [0.4, 0.5) is 10.5 Å². The summed E-state index contributed by atoms with van der Waals surface area (Å²) in [6, 6.07) is 18.3. The van der Waals surface area contributed by atoms with E-state index in [-0.39, 0.29) is 12.1 Å². The molecule has 2 amide bonds. The van der Waals surface area contributed by atoms with Crippen LogP contribution in [0.2, 0.25) is 0 Å². The highest BCUT2D eigenvalue weighted by Gasteiger charge is 2.25. The van der Waals surface area contributed by atoms with E-state index in [4.69, 9.17) is 9.47 Å². The summed E-state index contributed by atoms with van der Waals surface area (Å²) >= 11 is 0. The number of hydrogen-bond acceptors (Lipinski definition) is 4. The minimum absolute atomic E-state index is 0.0407. The van der Waals surface area contributed by atoms with Crippen LogP contribution >= 0.6 is 0 Å². The zero-order chi connectivity index (χ0) is 19.2. The molecule has 2 aromatic carbocycles. The first-order valence-electron chi connectivity index (χ1n) is 9.91. The predicted octanol–water partition coefficient (Wildman–Crippen LogP) is 2.81. The fourth-order valence-corrected chi connectivity index (χ4v) is 3.76. The van der Waals surface area contributed by atoms with E-state index in [1.165, 1.54) is 5.69 Å². The summed E-state index contributed by atoms with van der Waals surface area (Å²) in [7, 11) is 0. The van der Waals surface area contributed by atoms with Gasteiger partial charge in [-0.25, -0.2) is 4.79 Å².